The maximum Gasteiger partial charge on any atom is 0.137 e. The molecular weight excluding hydrogens is 230 g/mol. The van der Waals surface area contributed by atoms with Gasteiger partial charge in [0.15, 0.2) is 0 Å². The molecule has 0 radical (unpaired) electrons. The fraction of sp³-hybridized carbons (Fsp3) is 0. The van der Waals surface area contributed by atoms with Gasteiger partial charge in [0.05, 0.1) is 4.47 Å². The van der Waals surface area contributed by atoms with Crippen molar-refractivity contribution in [1.29, 1.82) is 0 Å². The number of phenolic OH excluding ortho intramolecular Hbond substituents is 1. The molecule has 2 rings (SSSR count). The minimum Gasteiger partial charge on any atom is -0.506 e. The van der Waals surface area contributed by atoms with Crippen LogP contribution in [0.3, 0.4) is 0 Å². The highest BCUT2D eigenvalue weighted by atomic mass is 79.9. The Morgan fingerprint density at radius 2 is 2.08 bits per heavy atom. The molecule has 1 aromatic carbocycles. The number of hydrogen-bond donors (Lipinski definition) is 2. The van der Waals surface area contributed by atoms with Gasteiger partial charge in [-0.3, -0.25) is 0 Å². The molecule has 0 unspecified atom stereocenters. The molecule has 3 heteroatoms. The number of phenols is 1. The highest BCUT2D eigenvalue weighted by molar-refractivity contribution is 9.10. The van der Waals surface area contributed by atoms with Crippen LogP contribution in [-0.4, -0.2) is 10.1 Å². The van der Waals surface area contributed by atoms with E-state index in [1.807, 2.05) is 36.7 Å². The third-order valence-electron chi connectivity index (χ3n) is 1.90. The molecule has 2 N–H and O–H groups in total. The largest absolute Gasteiger partial charge is 0.506 e. The second-order valence-electron chi connectivity index (χ2n) is 2.74. The average Bonchev–Trinajstić information content (AvgIpc) is 2.62. The number of aromatic nitrogens is 1. The lowest BCUT2D eigenvalue weighted by Gasteiger charge is -2.02. The Morgan fingerprint density at radius 3 is 2.77 bits per heavy atom. The van der Waals surface area contributed by atoms with Crippen LogP contribution in [0.25, 0.3) is 11.1 Å². The molecule has 0 atom stereocenters. The summed E-state index contributed by atoms with van der Waals surface area (Å²) >= 11 is 3.27. The Hall–Kier alpha value is -1.22. The summed E-state index contributed by atoms with van der Waals surface area (Å²) in [6.45, 7) is 0. The van der Waals surface area contributed by atoms with Crippen molar-refractivity contribution in [3.05, 3.63) is 41.1 Å². The van der Waals surface area contributed by atoms with E-state index in [0.717, 1.165) is 11.1 Å². The van der Waals surface area contributed by atoms with Gasteiger partial charge in [0, 0.05) is 23.5 Å². The first kappa shape index (κ1) is 8.38. The maximum absolute atomic E-state index is 9.71. The lowest BCUT2D eigenvalue weighted by atomic mass is 10.1. The summed E-state index contributed by atoms with van der Waals surface area (Å²) in [5.41, 5.74) is 1.81. The quantitative estimate of drug-likeness (QED) is 0.786. The normalized spacial score (nSPS) is 10.2. The second kappa shape index (κ2) is 3.26. The molecule has 0 saturated heterocycles. The number of benzene rings is 1. The highest BCUT2D eigenvalue weighted by Crippen LogP contribution is 2.34. The van der Waals surface area contributed by atoms with E-state index in [4.69, 9.17) is 0 Å². The zero-order valence-electron chi connectivity index (χ0n) is 6.79. The number of H-pyrrole nitrogens is 1. The van der Waals surface area contributed by atoms with Gasteiger partial charge in [0.2, 0.25) is 0 Å². The Bertz CT molecular complexity index is 409. The van der Waals surface area contributed by atoms with E-state index in [-0.39, 0.29) is 5.75 Å². The molecule has 0 spiro atoms. The molecule has 0 aliphatic heterocycles. The smallest absolute Gasteiger partial charge is 0.137 e. The van der Waals surface area contributed by atoms with E-state index in [1.54, 1.807) is 0 Å². The van der Waals surface area contributed by atoms with Gasteiger partial charge in [-0.15, -0.1) is 0 Å². The van der Waals surface area contributed by atoms with E-state index < -0.39 is 0 Å². The monoisotopic (exact) mass is 237 g/mol. The van der Waals surface area contributed by atoms with Crippen LogP contribution >= 0.6 is 15.9 Å². The number of rotatable bonds is 1. The molecule has 0 saturated carbocycles. The highest BCUT2D eigenvalue weighted by Gasteiger charge is 2.06. The molecule has 66 valence electrons. The van der Waals surface area contributed by atoms with Crippen LogP contribution < -0.4 is 0 Å². The van der Waals surface area contributed by atoms with E-state index in [0.29, 0.717) is 4.47 Å². The minimum atomic E-state index is 0.280. The summed E-state index contributed by atoms with van der Waals surface area (Å²) in [7, 11) is 0. The minimum absolute atomic E-state index is 0.280. The molecule has 1 heterocycles. The zero-order valence-corrected chi connectivity index (χ0v) is 8.38. The van der Waals surface area contributed by atoms with Crippen LogP contribution in [0.2, 0.25) is 0 Å². The summed E-state index contributed by atoms with van der Waals surface area (Å²) in [5.74, 6) is 0.280. The van der Waals surface area contributed by atoms with E-state index in [2.05, 4.69) is 20.9 Å². The Morgan fingerprint density at radius 1 is 1.23 bits per heavy atom. The van der Waals surface area contributed by atoms with Crippen molar-refractivity contribution in [2.45, 2.75) is 0 Å². The summed E-state index contributed by atoms with van der Waals surface area (Å²) < 4.78 is 0.714. The number of nitrogens with one attached hydrogen (secondary N) is 1. The van der Waals surface area contributed by atoms with Gasteiger partial charge in [-0.1, -0.05) is 12.1 Å². The van der Waals surface area contributed by atoms with Crippen molar-refractivity contribution in [3.8, 4) is 16.9 Å². The first-order chi connectivity index (χ1) is 6.29. The van der Waals surface area contributed by atoms with Crippen LogP contribution in [0.1, 0.15) is 0 Å². The molecule has 2 nitrogen and oxygen atoms in total. The number of halogens is 1. The third-order valence-corrected chi connectivity index (χ3v) is 2.54. The van der Waals surface area contributed by atoms with Gasteiger partial charge in [0.1, 0.15) is 5.75 Å². The summed E-state index contributed by atoms with van der Waals surface area (Å²) in [6.07, 6.45) is 3.68. The fourth-order valence-corrected chi connectivity index (χ4v) is 1.61. The van der Waals surface area contributed by atoms with Crippen molar-refractivity contribution in [1.82, 2.24) is 4.98 Å². The van der Waals surface area contributed by atoms with Crippen molar-refractivity contribution >= 4 is 15.9 Å². The van der Waals surface area contributed by atoms with Crippen molar-refractivity contribution in [2.24, 2.45) is 0 Å². The standard InChI is InChI=1S/C10H8BrNO/c11-9-3-1-2-8(10(9)13)7-4-5-12-6-7/h1-6,12-13H. The van der Waals surface area contributed by atoms with Gasteiger partial charge >= 0.3 is 0 Å². The van der Waals surface area contributed by atoms with Crippen LogP contribution in [0.15, 0.2) is 41.1 Å². The maximum atomic E-state index is 9.71. The topological polar surface area (TPSA) is 36.0 Å². The first-order valence-corrected chi connectivity index (χ1v) is 4.69. The molecular formula is C10H8BrNO. The summed E-state index contributed by atoms with van der Waals surface area (Å²) in [4.78, 5) is 2.95. The average molecular weight is 238 g/mol. The van der Waals surface area contributed by atoms with Gasteiger partial charge in [-0.2, -0.15) is 0 Å². The predicted molar refractivity (Wildman–Crippen MR) is 55.6 cm³/mol. The molecule has 0 aliphatic carbocycles. The predicted octanol–water partition coefficient (Wildman–Crippen LogP) is 3.15. The molecule has 0 bridgehead atoms. The van der Waals surface area contributed by atoms with Crippen molar-refractivity contribution in [3.63, 3.8) is 0 Å². The van der Waals surface area contributed by atoms with Gasteiger partial charge in [0.25, 0.3) is 0 Å². The van der Waals surface area contributed by atoms with Gasteiger partial charge < -0.3 is 10.1 Å². The lowest BCUT2D eigenvalue weighted by Crippen LogP contribution is -1.76. The van der Waals surface area contributed by atoms with Crippen LogP contribution in [0.5, 0.6) is 5.75 Å². The Balaban J connectivity index is 2.59. The first-order valence-electron chi connectivity index (χ1n) is 3.89. The second-order valence-corrected chi connectivity index (χ2v) is 3.59. The summed E-state index contributed by atoms with van der Waals surface area (Å²) in [5, 5.41) is 9.71. The number of hydrogen-bond acceptors (Lipinski definition) is 1. The molecule has 1 aromatic heterocycles. The van der Waals surface area contributed by atoms with Crippen molar-refractivity contribution in [2.75, 3.05) is 0 Å². The van der Waals surface area contributed by atoms with Crippen LogP contribution in [0.4, 0.5) is 0 Å². The van der Waals surface area contributed by atoms with Crippen molar-refractivity contribution < 1.29 is 5.11 Å². The van der Waals surface area contributed by atoms with E-state index >= 15 is 0 Å². The van der Waals surface area contributed by atoms with Gasteiger partial charge in [-0.05, 0) is 28.1 Å². The Kier molecular flexibility index (Phi) is 2.10. The van der Waals surface area contributed by atoms with Gasteiger partial charge in [-0.25, -0.2) is 0 Å². The van der Waals surface area contributed by atoms with E-state index in [1.165, 1.54) is 0 Å². The summed E-state index contributed by atoms with van der Waals surface area (Å²) in [6, 6.07) is 7.50. The SMILES string of the molecule is Oc1c(Br)cccc1-c1cc[nH]c1. The molecule has 2 aromatic rings. The van der Waals surface area contributed by atoms with E-state index in [9.17, 15) is 5.11 Å². The Labute approximate surface area is 84.4 Å². The zero-order chi connectivity index (χ0) is 9.26. The molecule has 0 fully saturated rings. The number of aromatic amines is 1. The molecule has 13 heavy (non-hydrogen) atoms. The fourth-order valence-electron chi connectivity index (χ4n) is 1.24. The number of aromatic hydroxyl groups is 1. The molecule has 0 amide bonds. The van der Waals surface area contributed by atoms with Crippen LogP contribution in [0, 0.1) is 0 Å². The third kappa shape index (κ3) is 1.47. The lowest BCUT2D eigenvalue weighted by molar-refractivity contribution is 0.474. The number of para-hydroxylation sites is 1. The molecule has 0 aliphatic rings. The van der Waals surface area contributed by atoms with Crippen LogP contribution in [-0.2, 0) is 0 Å².